The average molecular weight is 169 g/mol. The van der Waals surface area contributed by atoms with Crippen molar-refractivity contribution in [2.75, 3.05) is 6.61 Å². The Balaban J connectivity index is 2.00. The highest BCUT2D eigenvalue weighted by atomic mass is 16.3. The van der Waals surface area contributed by atoms with Crippen LogP contribution < -0.4 is 5.32 Å². The van der Waals surface area contributed by atoms with E-state index in [1.54, 1.807) is 0 Å². The molecule has 1 aliphatic rings. The Morgan fingerprint density at radius 3 is 3.00 bits per heavy atom. The van der Waals surface area contributed by atoms with Crippen LogP contribution in [0.5, 0.6) is 0 Å². The number of nitrogens with zero attached hydrogens (tertiary/aromatic N) is 3. The van der Waals surface area contributed by atoms with E-state index >= 15 is 0 Å². The molecule has 0 saturated carbocycles. The van der Waals surface area contributed by atoms with Crippen LogP contribution in [-0.4, -0.2) is 38.4 Å². The van der Waals surface area contributed by atoms with E-state index < -0.39 is 0 Å². The summed E-state index contributed by atoms with van der Waals surface area (Å²) in [5.74, 6) is 0.686. The zero-order valence-corrected chi connectivity index (χ0v) is 6.56. The van der Waals surface area contributed by atoms with Crippen molar-refractivity contribution >= 4 is 0 Å². The normalized spacial score (nSPS) is 29.4. The van der Waals surface area contributed by atoms with Crippen LogP contribution in [0.2, 0.25) is 0 Å². The summed E-state index contributed by atoms with van der Waals surface area (Å²) in [6.45, 7) is 0.175. The summed E-state index contributed by atoms with van der Waals surface area (Å²) in [5.41, 5.74) is 0. The monoisotopic (exact) mass is 169 g/mol. The molecule has 1 aromatic rings. The third kappa shape index (κ3) is 1.30. The second-order valence-corrected chi connectivity index (χ2v) is 2.95. The van der Waals surface area contributed by atoms with Crippen molar-refractivity contribution in [3.63, 3.8) is 0 Å². The largest absolute Gasteiger partial charge is 0.395 e. The molecule has 6 nitrogen and oxygen atoms in total. The van der Waals surface area contributed by atoms with Gasteiger partial charge in [0.05, 0.1) is 12.6 Å². The van der Waals surface area contributed by atoms with Gasteiger partial charge in [0, 0.05) is 6.04 Å². The highest BCUT2D eigenvalue weighted by Gasteiger charge is 2.26. The van der Waals surface area contributed by atoms with E-state index in [2.05, 4.69) is 25.9 Å². The Morgan fingerprint density at radius 2 is 2.42 bits per heavy atom. The zero-order valence-electron chi connectivity index (χ0n) is 6.56. The average Bonchev–Trinajstić information content (AvgIpc) is 2.75. The first kappa shape index (κ1) is 7.63. The van der Waals surface area contributed by atoms with Crippen LogP contribution in [0.3, 0.4) is 0 Å². The number of aliphatic hydroxyl groups excluding tert-OH is 1. The molecule has 3 N–H and O–H groups in total. The molecule has 1 fully saturated rings. The summed E-state index contributed by atoms with van der Waals surface area (Å²) in [7, 11) is 0. The molecule has 0 spiro atoms. The van der Waals surface area contributed by atoms with Crippen molar-refractivity contribution in [2.45, 2.75) is 24.9 Å². The van der Waals surface area contributed by atoms with Crippen LogP contribution in [0.25, 0.3) is 0 Å². The summed E-state index contributed by atoms with van der Waals surface area (Å²) in [4.78, 5) is 0. The Labute approximate surface area is 69.4 Å². The molecule has 1 saturated heterocycles. The lowest BCUT2D eigenvalue weighted by molar-refractivity contribution is 0.251. The third-order valence-electron chi connectivity index (χ3n) is 2.13. The number of tetrazole rings is 1. The molecule has 0 aliphatic carbocycles. The van der Waals surface area contributed by atoms with Crippen molar-refractivity contribution in [2.24, 2.45) is 0 Å². The Hall–Kier alpha value is -1.01. The predicted octanol–water partition coefficient (Wildman–Crippen LogP) is -1.01. The second kappa shape index (κ2) is 3.16. The van der Waals surface area contributed by atoms with Crippen LogP contribution in [0.4, 0.5) is 0 Å². The van der Waals surface area contributed by atoms with Gasteiger partial charge >= 0.3 is 0 Å². The fraction of sp³-hybridized carbons (Fsp3) is 0.833. The second-order valence-electron chi connectivity index (χ2n) is 2.95. The van der Waals surface area contributed by atoms with Crippen LogP contribution >= 0.6 is 0 Å². The van der Waals surface area contributed by atoms with Crippen molar-refractivity contribution < 1.29 is 5.11 Å². The summed E-state index contributed by atoms with van der Waals surface area (Å²) in [6, 6.07) is 0.342. The maximum absolute atomic E-state index is 8.85. The number of H-pyrrole nitrogens is 1. The molecule has 2 rings (SSSR count). The van der Waals surface area contributed by atoms with Crippen LogP contribution in [-0.2, 0) is 0 Å². The van der Waals surface area contributed by atoms with Crippen LogP contribution in [0.15, 0.2) is 0 Å². The van der Waals surface area contributed by atoms with Gasteiger partial charge in [0.2, 0.25) is 0 Å². The van der Waals surface area contributed by atoms with Crippen molar-refractivity contribution in [1.82, 2.24) is 25.9 Å². The van der Waals surface area contributed by atoms with E-state index in [-0.39, 0.29) is 18.7 Å². The van der Waals surface area contributed by atoms with Crippen LogP contribution in [0, 0.1) is 0 Å². The van der Waals surface area contributed by atoms with Crippen LogP contribution in [0.1, 0.15) is 24.7 Å². The van der Waals surface area contributed by atoms with E-state index in [0.717, 1.165) is 12.8 Å². The molecular formula is C6H11N5O. The van der Waals surface area contributed by atoms with Gasteiger partial charge < -0.3 is 10.4 Å². The molecule has 2 heterocycles. The first-order valence-electron chi connectivity index (χ1n) is 4.00. The Morgan fingerprint density at radius 1 is 1.50 bits per heavy atom. The zero-order chi connectivity index (χ0) is 8.39. The number of aromatic nitrogens is 4. The van der Waals surface area contributed by atoms with Gasteiger partial charge in [-0.05, 0) is 12.8 Å². The molecule has 2 atom stereocenters. The minimum absolute atomic E-state index is 0.154. The quantitative estimate of drug-likeness (QED) is 0.527. The lowest BCUT2D eigenvalue weighted by atomic mass is 10.2. The minimum Gasteiger partial charge on any atom is -0.395 e. The van der Waals surface area contributed by atoms with E-state index in [1.807, 2.05) is 0 Å². The van der Waals surface area contributed by atoms with E-state index in [0.29, 0.717) is 5.82 Å². The highest BCUT2D eigenvalue weighted by molar-refractivity contribution is 4.95. The fourth-order valence-electron chi connectivity index (χ4n) is 1.48. The maximum atomic E-state index is 8.85. The third-order valence-corrected chi connectivity index (χ3v) is 2.13. The molecule has 66 valence electrons. The molecule has 0 bridgehead atoms. The van der Waals surface area contributed by atoms with Crippen molar-refractivity contribution in [1.29, 1.82) is 0 Å². The molecule has 0 aromatic carbocycles. The smallest absolute Gasteiger partial charge is 0.191 e. The predicted molar refractivity (Wildman–Crippen MR) is 40.2 cm³/mol. The van der Waals surface area contributed by atoms with Gasteiger partial charge in [-0.1, -0.05) is 5.21 Å². The molecule has 6 heteroatoms. The number of hydrogen-bond donors (Lipinski definition) is 3. The molecule has 0 amide bonds. The molecule has 1 aliphatic heterocycles. The first-order chi connectivity index (χ1) is 5.90. The van der Waals surface area contributed by atoms with Gasteiger partial charge in [0.15, 0.2) is 5.82 Å². The molecule has 1 aromatic heterocycles. The number of hydrogen-bond acceptors (Lipinski definition) is 5. The highest BCUT2D eigenvalue weighted by Crippen LogP contribution is 2.22. The number of rotatable bonds is 2. The summed E-state index contributed by atoms with van der Waals surface area (Å²) >= 11 is 0. The molecular weight excluding hydrogens is 158 g/mol. The molecule has 0 unspecified atom stereocenters. The summed E-state index contributed by atoms with van der Waals surface area (Å²) < 4.78 is 0. The number of aromatic amines is 1. The van der Waals surface area contributed by atoms with Gasteiger partial charge in [-0.2, -0.15) is 5.21 Å². The lowest BCUT2D eigenvalue weighted by Gasteiger charge is -2.07. The van der Waals surface area contributed by atoms with Gasteiger partial charge in [-0.25, -0.2) is 0 Å². The Kier molecular flexibility index (Phi) is 2.01. The number of nitrogens with one attached hydrogen (secondary N) is 2. The van der Waals surface area contributed by atoms with Crippen molar-refractivity contribution in [3.8, 4) is 0 Å². The standard InChI is InChI=1S/C6H11N5O/c12-3-4-1-2-5(7-4)6-8-10-11-9-6/h4-5,7,12H,1-3H2,(H,8,9,10,11)/t4-,5+/m0/s1. The summed E-state index contributed by atoms with van der Waals surface area (Å²) in [6.07, 6.45) is 1.93. The number of aliphatic hydroxyl groups is 1. The minimum atomic E-state index is 0.154. The first-order valence-corrected chi connectivity index (χ1v) is 4.00. The SMILES string of the molecule is OC[C@@H]1CC[C@H](c2nn[nH]n2)N1. The van der Waals surface area contributed by atoms with Gasteiger partial charge in [0.1, 0.15) is 0 Å². The topological polar surface area (TPSA) is 86.7 Å². The van der Waals surface area contributed by atoms with Gasteiger partial charge in [-0.15, -0.1) is 10.2 Å². The van der Waals surface area contributed by atoms with E-state index in [9.17, 15) is 0 Å². The summed E-state index contributed by atoms with van der Waals surface area (Å²) in [5, 5.41) is 25.7. The molecule has 0 radical (unpaired) electrons. The van der Waals surface area contributed by atoms with Crippen molar-refractivity contribution in [3.05, 3.63) is 5.82 Å². The van der Waals surface area contributed by atoms with Gasteiger partial charge in [-0.3, -0.25) is 0 Å². The van der Waals surface area contributed by atoms with E-state index in [1.165, 1.54) is 0 Å². The van der Waals surface area contributed by atoms with E-state index in [4.69, 9.17) is 5.11 Å². The Bertz CT molecular complexity index is 236. The maximum Gasteiger partial charge on any atom is 0.191 e. The molecule has 12 heavy (non-hydrogen) atoms. The fourth-order valence-corrected chi connectivity index (χ4v) is 1.48. The van der Waals surface area contributed by atoms with Gasteiger partial charge in [0.25, 0.3) is 0 Å². The lowest BCUT2D eigenvalue weighted by Crippen LogP contribution is -2.27.